The van der Waals surface area contributed by atoms with Crippen LogP contribution in [-0.4, -0.2) is 34.8 Å². The number of fused-ring (bicyclic) bond motifs is 1. The van der Waals surface area contributed by atoms with Crippen LogP contribution in [0.3, 0.4) is 0 Å². The first-order valence-electron chi connectivity index (χ1n) is 7.55. The van der Waals surface area contributed by atoms with Crippen LogP contribution in [0.1, 0.15) is 12.5 Å². The molecule has 0 aliphatic heterocycles. The van der Waals surface area contributed by atoms with Gasteiger partial charge in [-0.05, 0) is 29.5 Å². The maximum Gasteiger partial charge on any atom is 0.179 e. The van der Waals surface area contributed by atoms with Crippen molar-refractivity contribution in [2.75, 3.05) is 24.7 Å². The van der Waals surface area contributed by atoms with Gasteiger partial charge in [0.15, 0.2) is 10.8 Å². The first-order valence-corrected chi connectivity index (χ1v) is 9.52. The molecule has 0 unspecified atom stereocenters. The van der Waals surface area contributed by atoms with Crippen molar-refractivity contribution in [3.63, 3.8) is 0 Å². The fourth-order valence-electron chi connectivity index (χ4n) is 2.37. The summed E-state index contributed by atoms with van der Waals surface area (Å²) in [5, 5.41) is 1.95. The van der Waals surface area contributed by atoms with Crippen molar-refractivity contribution in [3.05, 3.63) is 42.0 Å². The minimum absolute atomic E-state index is 0.798. The van der Waals surface area contributed by atoms with E-state index in [-0.39, 0.29) is 0 Å². The number of aromatic nitrogens is 3. The van der Waals surface area contributed by atoms with Crippen LogP contribution >= 0.6 is 23.5 Å². The molecule has 0 bridgehead atoms. The summed E-state index contributed by atoms with van der Waals surface area (Å²) in [7, 11) is 4.14. The molecule has 120 valence electrons. The zero-order chi connectivity index (χ0) is 16.2. The lowest BCUT2D eigenvalue weighted by Gasteiger charge is -2.16. The molecule has 1 aromatic carbocycles. The summed E-state index contributed by atoms with van der Waals surface area (Å²) < 4.78 is 0. The van der Waals surface area contributed by atoms with Crippen LogP contribution < -0.4 is 4.90 Å². The molecular weight excluding hydrogens is 324 g/mol. The van der Waals surface area contributed by atoms with Crippen LogP contribution in [0.2, 0.25) is 0 Å². The normalized spacial score (nSPS) is 11.1. The number of hydrogen-bond acceptors (Lipinski definition) is 5. The SMILES string of the molecule is CCSc1ccc2[nH]c(SCc3ccccc3N(C)C)nc2n1. The second-order valence-corrected chi connectivity index (χ2v) is 7.56. The second kappa shape index (κ2) is 7.27. The molecule has 1 N–H and O–H groups in total. The number of imidazole rings is 1. The largest absolute Gasteiger partial charge is 0.377 e. The number of aromatic amines is 1. The van der Waals surface area contributed by atoms with E-state index in [1.807, 2.05) is 6.07 Å². The van der Waals surface area contributed by atoms with E-state index < -0.39 is 0 Å². The molecule has 0 saturated heterocycles. The van der Waals surface area contributed by atoms with Gasteiger partial charge in [0, 0.05) is 25.5 Å². The van der Waals surface area contributed by atoms with Crippen molar-refractivity contribution in [3.8, 4) is 0 Å². The van der Waals surface area contributed by atoms with E-state index >= 15 is 0 Å². The monoisotopic (exact) mass is 344 g/mol. The quantitative estimate of drug-likeness (QED) is 0.670. The van der Waals surface area contributed by atoms with Gasteiger partial charge in [0.25, 0.3) is 0 Å². The molecule has 0 aliphatic carbocycles. The molecule has 0 amide bonds. The van der Waals surface area contributed by atoms with Crippen molar-refractivity contribution < 1.29 is 0 Å². The highest BCUT2D eigenvalue weighted by Crippen LogP contribution is 2.28. The fourth-order valence-corrected chi connectivity index (χ4v) is 3.85. The zero-order valence-corrected chi connectivity index (χ0v) is 15.2. The topological polar surface area (TPSA) is 44.8 Å². The van der Waals surface area contributed by atoms with Crippen molar-refractivity contribution in [1.82, 2.24) is 15.0 Å². The third-order valence-electron chi connectivity index (χ3n) is 3.43. The summed E-state index contributed by atoms with van der Waals surface area (Å²) in [4.78, 5) is 14.7. The molecule has 0 spiro atoms. The molecule has 0 radical (unpaired) electrons. The molecule has 3 rings (SSSR count). The zero-order valence-electron chi connectivity index (χ0n) is 13.5. The Balaban J connectivity index is 1.77. The summed E-state index contributed by atoms with van der Waals surface area (Å²) >= 11 is 3.45. The van der Waals surface area contributed by atoms with E-state index in [1.54, 1.807) is 23.5 Å². The smallest absolute Gasteiger partial charge is 0.179 e. The predicted molar refractivity (Wildman–Crippen MR) is 101 cm³/mol. The Kier molecular flexibility index (Phi) is 5.13. The Morgan fingerprint density at radius 1 is 1.04 bits per heavy atom. The molecule has 2 aromatic heterocycles. The summed E-state index contributed by atoms with van der Waals surface area (Å²) in [6.07, 6.45) is 0. The van der Waals surface area contributed by atoms with Crippen LogP contribution in [0.5, 0.6) is 0 Å². The molecule has 4 nitrogen and oxygen atoms in total. The molecule has 3 aromatic rings. The number of nitrogens with one attached hydrogen (secondary N) is 1. The Labute approximate surface area is 145 Å². The minimum Gasteiger partial charge on any atom is -0.377 e. The number of para-hydroxylation sites is 1. The van der Waals surface area contributed by atoms with Crippen LogP contribution in [0.4, 0.5) is 5.69 Å². The summed E-state index contributed by atoms with van der Waals surface area (Å²) in [6.45, 7) is 2.13. The van der Waals surface area contributed by atoms with Gasteiger partial charge in [-0.2, -0.15) is 0 Å². The minimum atomic E-state index is 0.798. The van der Waals surface area contributed by atoms with E-state index in [1.165, 1.54) is 11.3 Å². The van der Waals surface area contributed by atoms with Crippen LogP contribution in [0.15, 0.2) is 46.6 Å². The van der Waals surface area contributed by atoms with Gasteiger partial charge in [-0.25, -0.2) is 9.97 Å². The van der Waals surface area contributed by atoms with Gasteiger partial charge in [-0.1, -0.05) is 36.9 Å². The number of thioether (sulfide) groups is 2. The average molecular weight is 345 g/mol. The van der Waals surface area contributed by atoms with Crippen LogP contribution in [0, 0.1) is 0 Å². The summed E-state index contributed by atoms with van der Waals surface area (Å²) in [5.41, 5.74) is 4.34. The van der Waals surface area contributed by atoms with Gasteiger partial charge in [-0.3, -0.25) is 0 Å². The van der Waals surface area contributed by atoms with Crippen molar-refractivity contribution in [2.45, 2.75) is 22.9 Å². The summed E-state index contributed by atoms with van der Waals surface area (Å²) in [6, 6.07) is 12.6. The Bertz CT molecular complexity index is 798. The van der Waals surface area contributed by atoms with Gasteiger partial charge in [0.1, 0.15) is 0 Å². The van der Waals surface area contributed by atoms with Crippen molar-refractivity contribution in [2.24, 2.45) is 0 Å². The van der Waals surface area contributed by atoms with Gasteiger partial charge in [0.2, 0.25) is 0 Å². The van der Waals surface area contributed by atoms with Gasteiger partial charge in [0.05, 0.1) is 10.5 Å². The first kappa shape index (κ1) is 16.2. The number of pyridine rings is 1. The molecule has 6 heteroatoms. The van der Waals surface area contributed by atoms with E-state index in [4.69, 9.17) is 0 Å². The molecule has 0 saturated carbocycles. The number of rotatable bonds is 6. The Hall–Kier alpha value is -1.66. The number of nitrogens with zero attached hydrogens (tertiary/aromatic N) is 3. The number of hydrogen-bond donors (Lipinski definition) is 1. The lowest BCUT2D eigenvalue weighted by molar-refractivity contribution is 1.06. The van der Waals surface area contributed by atoms with Crippen LogP contribution in [-0.2, 0) is 5.75 Å². The standard InChI is InChI=1S/C17H20N4S2/c1-4-22-15-10-9-13-16(19-15)20-17(18-13)23-11-12-7-5-6-8-14(12)21(2)3/h5-10H,4,11H2,1-3H3,(H,18,19,20). The lowest BCUT2D eigenvalue weighted by atomic mass is 10.2. The number of anilines is 1. The van der Waals surface area contributed by atoms with Crippen molar-refractivity contribution in [1.29, 1.82) is 0 Å². The molecular formula is C17H20N4S2. The first-order chi connectivity index (χ1) is 11.2. The maximum absolute atomic E-state index is 4.61. The van der Waals surface area contributed by atoms with Gasteiger partial charge >= 0.3 is 0 Å². The van der Waals surface area contributed by atoms with E-state index in [2.05, 4.69) is 71.2 Å². The number of benzene rings is 1. The van der Waals surface area contributed by atoms with Gasteiger partial charge in [-0.15, -0.1) is 11.8 Å². The highest BCUT2D eigenvalue weighted by Gasteiger charge is 2.08. The maximum atomic E-state index is 4.61. The summed E-state index contributed by atoms with van der Waals surface area (Å²) in [5.74, 6) is 1.90. The van der Waals surface area contributed by atoms with Gasteiger partial charge < -0.3 is 9.88 Å². The average Bonchev–Trinajstić information content (AvgIpc) is 2.95. The fraction of sp³-hybridized carbons (Fsp3) is 0.294. The molecule has 0 aliphatic rings. The second-order valence-electron chi connectivity index (χ2n) is 5.31. The van der Waals surface area contributed by atoms with E-state index in [0.717, 1.165) is 32.9 Å². The van der Waals surface area contributed by atoms with Crippen LogP contribution in [0.25, 0.3) is 11.2 Å². The Morgan fingerprint density at radius 3 is 2.65 bits per heavy atom. The lowest BCUT2D eigenvalue weighted by Crippen LogP contribution is -2.10. The highest BCUT2D eigenvalue weighted by molar-refractivity contribution is 7.99. The molecule has 0 atom stereocenters. The third-order valence-corrected chi connectivity index (χ3v) is 5.16. The highest BCUT2D eigenvalue weighted by atomic mass is 32.2. The molecule has 23 heavy (non-hydrogen) atoms. The molecule has 2 heterocycles. The predicted octanol–water partition coefficient (Wildman–Crippen LogP) is 4.43. The molecule has 0 fully saturated rings. The van der Waals surface area contributed by atoms with E-state index in [9.17, 15) is 0 Å². The van der Waals surface area contributed by atoms with Crippen molar-refractivity contribution >= 4 is 40.4 Å². The van der Waals surface area contributed by atoms with E-state index in [0.29, 0.717) is 0 Å². The number of H-pyrrole nitrogens is 1. The Morgan fingerprint density at radius 2 is 1.87 bits per heavy atom. The third kappa shape index (κ3) is 3.82.